The van der Waals surface area contributed by atoms with Gasteiger partial charge in [-0.1, -0.05) is 6.07 Å². The van der Waals surface area contributed by atoms with Crippen LogP contribution in [0.1, 0.15) is 42.2 Å². The van der Waals surface area contributed by atoms with Crippen LogP contribution in [0.3, 0.4) is 0 Å². The maximum absolute atomic E-state index is 12.7. The van der Waals surface area contributed by atoms with Gasteiger partial charge in [-0.25, -0.2) is 9.97 Å². The van der Waals surface area contributed by atoms with E-state index in [-0.39, 0.29) is 17.7 Å². The van der Waals surface area contributed by atoms with Crippen molar-refractivity contribution in [2.24, 2.45) is 0 Å². The fourth-order valence-electron chi connectivity index (χ4n) is 4.48. The van der Waals surface area contributed by atoms with Crippen molar-refractivity contribution in [3.05, 3.63) is 58.5 Å². The van der Waals surface area contributed by atoms with Gasteiger partial charge in [-0.05, 0) is 32.3 Å². The highest BCUT2D eigenvalue weighted by atomic mass is 16.5. The molecule has 2 fully saturated rings. The number of aliphatic hydroxyl groups is 1. The van der Waals surface area contributed by atoms with Crippen LogP contribution in [0.2, 0.25) is 0 Å². The molecule has 1 spiro atoms. The zero-order valence-corrected chi connectivity index (χ0v) is 18.4. The summed E-state index contributed by atoms with van der Waals surface area (Å²) in [5, 5.41) is 21.1. The van der Waals surface area contributed by atoms with E-state index >= 15 is 0 Å². The molecule has 33 heavy (non-hydrogen) atoms. The molecule has 0 unspecified atom stereocenters. The first-order valence-corrected chi connectivity index (χ1v) is 10.7. The number of carboxylic acid groups (broad SMARTS) is 1. The molecule has 0 aromatic carbocycles. The smallest absolute Gasteiger partial charge is 0.290 e. The van der Waals surface area contributed by atoms with E-state index in [2.05, 4.69) is 25.2 Å². The van der Waals surface area contributed by atoms with Crippen molar-refractivity contribution >= 4 is 12.4 Å². The second kappa shape index (κ2) is 10.6. The number of carbonyl (C=O) groups excluding carboxylic acids is 1. The number of amides is 1. The summed E-state index contributed by atoms with van der Waals surface area (Å²) in [4.78, 5) is 45.5. The van der Waals surface area contributed by atoms with E-state index in [9.17, 15) is 14.7 Å². The van der Waals surface area contributed by atoms with Gasteiger partial charge in [0.1, 0.15) is 18.1 Å². The molecule has 4 rings (SSSR count). The van der Waals surface area contributed by atoms with Gasteiger partial charge in [0.2, 0.25) is 5.56 Å². The molecule has 0 aliphatic carbocycles. The lowest BCUT2D eigenvalue weighted by molar-refractivity contribution is -0.205. The number of aliphatic hydroxyl groups excluding tert-OH is 1. The lowest BCUT2D eigenvalue weighted by Gasteiger charge is -2.53. The molecule has 2 aliphatic heterocycles. The summed E-state index contributed by atoms with van der Waals surface area (Å²) in [6.45, 7) is 4.33. The van der Waals surface area contributed by atoms with Crippen LogP contribution in [0.25, 0.3) is 0 Å². The van der Waals surface area contributed by atoms with Gasteiger partial charge < -0.3 is 25.3 Å². The van der Waals surface area contributed by atoms with Gasteiger partial charge in [0.25, 0.3) is 12.4 Å². The highest BCUT2D eigenvalue weighted by molar-refractivity contribution is 5.92. The molecular formula is C22H29N5O6. The summed E-state index contributed by atoms with van der Waals surface area (Å²) >= 11 is 0. The van der Waals surface area contributed by atoms with Gasteiger partial charge >= 0.3 is 0 Å². The van der Waals surface area contributed by atoms with E-state index in [0.717, 1.165) is 25.2 Å². The van der Waals surface area contributed by atoms with Crippen molar-refractivity contribution in [3.8, 4) is 0 Å². The van der Waals surface area contributed by atoms with Gasteiger partial charge in [-0.2, -0.15) is 0 Å². The van der Waals surface area contributed by atoms with E-state index in [4.69, 9.17) is 14.6 Å². The van der Waals surface area contributed by atoms with Crippen molar-refractivity contribution < 1.29 is 24.5 Å². The zero-order chi connectivity index (χ0) is 23.9. The molecule has 0 radical (unpaired) electrons. The first kappa shape index (κ1) is 24.5. The van der Waals surface area contributed by atoms with Crippen LogP contribution in [0.15, 0.2) is 41.7 Å². The van der Waals surface area contributed by atoms with Crippen molar-refractivity contribution in [2.75, 3.05) is 19.7 Å². The third-order valence-electron chi connectivity index (χ3n) is 6.25. The maximum atomic E-state index is 12.7. The normalized spacial score (nSPS) is 24.4. The predicted molar refractivity (Wildman–Crippen MR) is 117 cm³/mol. The Labute approximate surface area is 190 Å². The second-order valence-corrected chi connectivity index (χ2v) is 8.49. The van der Waals surface area contributed by atoms with E-state index in [1.54, 1.807) is 6.07 Å². The molecule has 2 atom stereocenters. The molecule has 178 valence electrons. The Morgan fingerprint density at radius 3 is 2.61 bits per heavy atom. The molecule has 0 saturated carbocycles. The maximum Gasteiger partial charge on any atom is 0.290 e. The fraction of sp³-hybridized carbons (Fsp3) is 0.500. The Kier molecular flexibility index (Phi) is 7.90. The number of ether oxygens (including phenoxy) is 1. The Balaban J connectivity index is 0.000000968. The van der Waals surface area contributed by atoms with Crippen molar-refractivity contribution in [1.82, 2.24) is 25.2 Å². The van der Waals surface area contributed by atoms with Crippen LogP contribution < -0.4 is 10.9 Å². The quantitative estimate of drug-likeness (QED) is 0.468. The second-order valence-electron chi connectivity index (χ2n) is 8.49. The third-order valence-corrected chi connectivity index (χ3v) is 6.25. The average Bonchev–Trinajstić information content (AvgIpc) is 2.80. The first-order chi connectivity index (χ1) is 15.8. The predicted octanol–water partition coefficient (Wildman–Crippen LogP) is 0.170. The molecule has 11 heteroatoms. The number of hydrogen-bond donors (Lipinski definition) is 4. The minimum absolute atomic E-state index is 0.177. The van der Waals surface area contributed by atoms with Crippen LogP contribution in [0.4, 0.5) is 0 Å². The highest BCUT2D eigenvalue weighted by Gasteiger charge is 2.53. The summed E-state index contributed by atoms with van der Waals surface area (Å²) < 4.78 is 6.11. The number of rotatable bonds is 4. The number of H-pyrrole nitrogens is 1. The number of aromatic amines is 1. The van der Waals surface area contributed by atoms with Crippen LogP contribution in [-0.4, -0.2) is 79.4 Å². The molecule has 2 aliphatic rings. The van der Waals surface area contributed by atoms with E-state index in [1.807, 2.05) is 19.3 Å². The molecular weight excluding hydrogens is 430 g/mol. The summed E-state index contributed by atoms with van der Waals surface area (Å²) in [5.41, 5.74) is -0.664. The topological polar surface area (TPSA) is 158 Å². The number of nitrogens with zero attached hydrogens (tertiary/aromatic N) is 3. The van der Waals surface area contributed by atoms with E-state index in [1.165, 1.54) is 18.5 Å². The molecule has 4 heterocycles. The Morgan fingerprint density at radius 2 is 1.97 bits per heavy atom. The van der Waals surface area contributed by atoms with Gasteiger partial charge in [0.15, 0.2) is 0 Å². The number of likely N-dealkylation sites (tertiary alicyclic amines) is 1. The number of nitrogens with one attached hydrogen (secondary N) is 2. The molecule has 2 aromatic heterocycles. The van der Waals surface area contributed by atoms with Crippen LogP contribution in [0.5, 0.6) is 0 Å². The van der Waals surface area contributed by atoms with Crippen LogP contribution in [-0.2, 0) is 16.1 Å². The molecule has 0 bridgehead atoms. The monoisotopic (exact) mass is 459 g/mol. The number of hydrogen-bond acceptors (Lipinski definition) is 8. The van der Waals surface area contributed by atoms with Crippen molar-refractivity contribution in [2.45, 2.75) is 50.0 Å². The molecule has 1 amide bonds. The SMILES string of the molecule is C[C@@]1(NC(=O)c2cccc(=O)[nH]2)CCOC2(CCN(Cc3cncnc3)CC2)[C@H]1O.O=CO. The van der Waals surface area contributed by atoms with Crippen LogP contribution >= 0.6 is 0 Å². The van der Waals surface area contributed by atoms with Crippen molar-refractivity contribution in [1.29, 1.82) is 0 Å². The first-order valence-electron chi connectivity index (χ1n) is 10.7. The molecule has 2 saturated heterocycles. The minimum Gasteiger partial charge on any atom is -0.483 e. The summed E-state index contributed by atoms with van der Waals surface area (Å²) in [6.07, 6.45) is 6.09. The lowest BCUT2D eigenvalue weighted by Crippen LogP contribution is -2.69. The van der Waals surface area contributed by atoms with Gasteiger partial charge in [0.05, 0.1) is 11.1 Å². The lowest BCUT2D eigenvalue weighted by atomic mass is 9.73. The summed E-state index contributed by atoms with van der Waals surface area (Å²) in [6, 6.07) is 4.44. The number of aromatic nitrogens is 3. The molecule has 11 nitrogen and oxygen atoms in total. The Hall–Kier alpha value is -3.15. The number of carbonyl (C=O) groups is 2. The summed E-state index contributed by atoms with van der Waals surface area (Å²) in [7, 11) is 0. The largest absolute Gasteiger partial charge is 0.483 e. The third kappa shape index (κ3) is 5.81. The standard InChI is InChI=1S/C21H27N5O4.CH2O2/c1-20(25-18(28)16-3-2-4-17(27)24-16)7-10-30-21(19(20)29)5-8-26(9-6-21)13-15-11-22-14-23-12-15;2-1-3/h2-4,11-12,14,19,29H,5-10,13H2,1H3,(H,24,27)(H,25,28);1H,(H,2,3)/t19-,20+;/m0./s1. The van der Waals surface area contributed by atoms with Crippen LogP contribution in [0, 0.1) is 0 Å². The summed E-state index contributed by atoms with van der Waals surface area (Å²) in [5.74, 6) is -0.409. The van der Waals surface area contributed by atoms with E-state index in [0.29, 0.717) is 25.9 Å². The number of piperidine rings is 1. The average molecular weight is 460 g/mol. The number of pyridine rings is 1. The molecule has 4 N–H and O–H groups in total. The minimum atomic E-state index is -0.861. The van der Waals surface area contributed by atoms with Gasteiger partial charge in [-0.15, -0.1) is 0 Å². The Bertz CT molecular complexity index is 992. The highest BCUT2D eigenvalue weighted by Crippen LogP contribution is 2.40. The van der Waals surface area contributed by atoms with E-state index < -0.39 is 23.2 Å². The fourth-order valence-corrected chi connectivity index (χ4v) is 4.48. The molecule has 2 aromatic rings. The van der Waals surface area contributed by atoms with Gasteiger partial charge in [0, 0.05) is 50.3 Å². The Morgan fingerprint density at radius 1 is 1.30 bits per heavy atom. The van der Waals surface area contributed by atoms with Gasteiger partial charge in [-0.3, -0.25) is 19.3 Å². The zero-order valence-electron chi connectivity index (χ0n) is 18.4. The van der Waals surface area contributed by atoms with Crippen molar-refractivity contribution in [3.63, 3.8) is 0 Å².